The Morgan fingerprint density at radius 3 is 2.78 bits per heavy atom. The molecule has 23 heavy (non-hydrogen) atoms. The minimum atomic E-state index is -0.787. The molecule has 0 bridgehead atoms. The molecule has 1 unspecified atom stereocenters. The van der Waals surface area contributed by atoms with Gasteiger partial charge in [0, 0.05) is 23.4 Å². The number of hydrogen-bond donors (Lipinski definition) is 1. The first-order chi connectivity index (χ1) is 11.1. The van der Waals surface area contributed by atoms with Crippen molar-refractivity contribution in [2.45, 2.75) is 6.10 Å². The minimum absolute atomic E-state index is 0.324. The zero-order valence-electron chi connectivity index (χ0n) is 13.3. The van der Waals surface area contributed by atoms with E-state index in [0.29, 0.717) is 24.6 Å². The Morgan fingerprint density at radius 2 is 2.00 bits per heavy atom. The number of likely N-dealkylation sites (N-methyl/N-ethyl adjacent to an activating group) is 1. The van der Waals surface area contributed by atoms with Crippen molar-refractivity contribution < 1.29 is 14.3 Å². The smallest absolute Gasteiger partial charge is 0.352 e. The summed E-state index contributed by atoms with van der Waals surface area (Å²) in [6.07, 6.45) is -0.787. The van der Waals surface area contributed by atoms with E-state index in [1.165, 1.54) is 0 Å². The van der Waals surface area contributed by atoms with Crippen LogP contribution in [0.4, 0.5) is 5.69 Å². The van der Waals surface area contributed by atoms with Crippen molar-refractivity contribution in [2.24, 2.45) is 0 Å². The largest absolute Gasteiger partial charge is 0.473 e. The molecule has 2 N–H and O–H groups in total. The standard InChI is InChI=1S/C18H20N2O3/c1-20(2)9-10-22-18(21)17-15-11-12(19)7-8-13(15)14-5-3-4-6-16(14)23-17/h3-8,11,17H,9-10,19H2,1-2H3. The molecular weight excluding hydrogens is 292 g/mol. The highest BCUT2D eigenvalue weighted by atomic mass is 16.6. The van der Waals surface area contributed by atoms with Gasteiger partial charge < -0.3 is 20.1 Å². The second-order valence-electron chi connectivity index (χ2n) is 5.81. The monoisotopic (exact) mass is 312 g/mol. The van der Waals surface area contributed by atoms with Crippen LogP contribution >= 0.6 is 0 Å². The lowest BCUT2D eigenvalue weighted by molar-refractivity contribution is -0.152. The number of carbonyl (C=O) groups is 1. The number of fused-ring (bicyclic) bond motifs is 3. The molecule has 0 amide bonds. The SMILES string of the molecule is CN(C)CCOC(=O)C1Oc2ccccc2-c2ccc(N)cc21. The summed E-state index contributed by atoms with van der Waals surface area (Å²) >= 11 is 0. The summed E-state index contributed by atoms with van der Waals surface area (Å²) < 4.78 is 11.2. The molecule has 5 nitrogen and oxygen atoms in total. The summed E-state index contributed by atoms with van der Waals surface area (Å²) in [5.41, 5.74) is 9.15. The molecular formula is C18H20N2O3. The predicted octanol–water partition coefficient (Wildman–Crippen LogP) is 2.47. The summed E-state index contributed by atoms with van der Waals surface area (Å²) in [5, 5.41) is 0. The van der Waals surface area contributed by atoms with E-state index >= 15 is 0 Å². The molecule has 0 saturated carbocycles. The van der Waals surface area contributed by atoms with Gasteiger partial charge in [0.25, 0.3) is 0 Å². The third-order valence-electron chi connectivity index (χ3n) is 3.78. The molecule has 0 aromatic heterocycles. The summed E-state index contributed by atoms with van der Waals surface area (Å²) in [7, 11) is 3.86. The number of nitrogens with two attached hydrogens (primary N) is 1. The summed E-state index contributed by atoms with van der Waals surface area (Å²) in [4.78, 5) is 14.4. The fourth-order valence-electron chi connectivity index (χ4n) is 2.61. The van der Waals surface area contributed by atoms with Gasteiger partial charge in [0.15, 0.2) is 0 Å². The van der Waals surface area contributed by atoms with Gasteiger partial charge in [-0.1, -0.05) is 24.3 Å². The van der Waals surface area contributed by atoms with Gasteiger partial charge >= 0.3 is 5.97 Å². The first-order valence-corrected chi connectivity index (χ1v) is 7.53. The maximum atomic E-state index is 12.5. The van der Waals surface area contributed by atoms with Gasteiger partial charge in [0.1, 0.15) is 12.4 Å². The van der Waals surface area contributed by atoms with E-state index in [4.69, 9.17) is 15.2 Å². The number of benzene rings is 2. The highest BCUT2D eigenvalue weighted by Crippen LogP contribution is 2.43. The molecule has 0 spiro atoms. The number of nitrogen functional groups attached to an aromatic ring is 1. The van der Waals surface area contributed by atoms with Gasteiger partial charge in [0.2, 0.25) is 6.10 Å². The number of rotatable bonds is 4. The summed E-state index contributed by atoms with van der Waals surface area (Å²) in [5.74, 6) is 0.285. The van der Waals surface area contributed by atoms with Crippen molar-refractivity contribution in [3.63, 3.8) is 0 Å². The van der Waals surface area contributed by atoms with E-state index in [2.05, 4.69) is 0 Å². The number of esters is 1. The number of nitrogens with zero attached hydrogens (tertiary/aromatic N) is 1. The molecule has 0 saturated heterocycles. The lowest BCUT2D eigenvalue weighted by Gasteiger charge is -2.27. The Kier molecular flexibility index (Phi) is 4.21. The van der Waals surface area contributed by atoms with Crippen molar-refractivity contribution >= 4 is 11.7 Å². The normalized spacial score (nSPS) is 15.5. The van der Waals surface area contributed by atoms with E-state index < -0.39 is 12.1 Å². The third kappa shape index (κ3) is 3.14. The fraction of sp³-hybridized carbons (Fsp3) is 0.278. The quantitative estimate of drug-likeness (QED) is 0.694. The Balaban J connectivity index is 1.91. The minimum Gasteiger partial charge on any atom is -0.473 e. The van der Waals surface area contributed by atoms with Crippen LogP contribution in [0.1, 0.15) is 11.7 Å². The Labute approximate surface area is 135 Å². The third-order valence-corrected chi connectivity index (χ3v) is 3.78. The molecule has 2 aromatic rings. The van der Waals surface area contributed by atoms with E-state index in [1.54, 1.807) is 6.07 Å². The van der Waals surface area contributed by atoms with Crippen LogP contribution in [0.15, 0.2) is 42.5 Å². The second kappa shape index (κ2) is 6.30. The van der Waals surface area contributed by atoms with Gasteiger partial charge in [-0.25, -0.2) is 4.79 Å². The summed E-state index contributed by atoms with van der Waals surface area (Å²) in [6, 6.07) is 13.2. The molecule has 1 heterocycles. The fourth-order valence-corrected chi connectivity index (χ4v) is 2.61. The predicted molar refractivity (Wildman–Crippen MR) is 89.2 cm³/mol. The van der Waals surface area contributed by atoms with Crippen LogP contribution in [0.25, 0.3) is 11.1 Å². The molecule has 0 fully saturated rings. The first kappa shape index (κ1) is 15.4. The molecule has 0 aliphatic carbocycles. The van der Waals surface area contributed by atoms with Crippen molar-refractivity contribution in [3.05, 3.63) is 48.0 Å². The van der Waals surface area contributed by atoms with Crippen LogP contribution in [0.3, 0.4) is 0 Å². The molecule has 1 aliphatic rings. The molecule has 120 valence electrons. The average Bonchev–Trinajstić information content (AvgIpc) is 2.53. The highest BCUT2D eigenvalue weighted by molar-refractivity contribution is 5.86. The molecule has 0 radical (unpaired) electrons. The van der Waals surface area contributed by atoms with Gasteiger partial charge in [-0.3, -0.25) is 0 Å². The van der Waals surface area contributed by atoms with Crippen LogP contribution < -0.4 is 10.5 Å². The lowest BCUT2D eigenvalue weighted by atomic mass is 9.92. The number of para-hydroxylation sites is 1. The highest BCUT2D eigenvalue weighted by Gasteiger charge is 2.32. The van der Waals surface area contributed by atoms with Crippen molar-refractivity contribution in [1.29, 1.82) is 0 Å². The molecule has 3 rings (SSSR count). The van der Waals surface area contributed by atoms with E-state index in [-0.39, 0.29) is 0 Å². The molecule has 1 atom stereocenters. The van der Waals surface area contributed by atoms with Crippen molar-refractivity contribution in [3.8, 4) is 16.9 Å². The Hall–Kier alpha value is -2.53. The Morgan fingerprint density at radius 1 is 1.22 bits per heavy atom. The Bertz CT molecular complexity index is 728. The molecule has 5 heteroatoms. The van der Waals surface area contributed by atoms with Crippen LogP contribution in [-0.2, 0) is 9.53 Å². The molecule has 1 aliphatic heterocycles. The van der Waals surface area contributed by atoms with Gasteiger partial charge in [0.05, 0.1) is 0 Å². The van der Waals surface area contributed by atoms with E-state index in [0.717, 1.165) is 16.7 Å². The van der Waals surface area contributed by atoms with Crippen LogP contribution in [0.2, 0.25) is 0 Å². The lowest BCUT2D eigenvalue weighted by Crippen LogP contribution is -2.27. The number of carbonyl (C=O) groups excluding carboxylic acids is 1. The van der Waals surface area contributed by atoms with Gasteiger partial charge in [-0.15, -0.1) is 0 Å². The topological polar surface area (TPSA) is 64.8 Å². The first-order valence-electron chi connectivity index (χ1n) is 7.53. The number of anilines is 1. The maximum absolute atomic E-state index is 12.5. The van der Waals surface area contributed by atoms with E-state index in [9.17, 15) is 4.79 Å². The van der Waals surface area contributed by atoms with E-state index in [1.807, 2.05) is 55.4 Å². The number of hydrogen-bond acceptors (Lipinski definition) is 5. The number of ether oxygens (including phenoxy) is 2. The van der Waals surface area contributed by atoms with Gasteiger partial charge in [-0.05, 0) is 37.9 Å². The maximum Gasteiger partial charge on any atom is 0.352 e. The van der Waals surface area contributed by atoms with Crippen LogP contribution in [-0.4, -0.2) is 38.1 Å². The second-order valence-corrected chi connectivity index (χ2v) is 5.81. The average molecular weight is 312 g/mol. The van der Waals surface area contributed by atoms with Crippen molar-refractivity contribution in [1.82, 2.24) is 4.90 Å². The molecule has 2 aromatic carbocycles. The zero-order valence-corrected chi connectivity index (χ0v) is 13.3. The van der Waals surface area contributed by atoms with Gasteiger partial charge in [-0.2, -0.15) is 0 Å². The van der Waals surface area contributed by atoms with Crippen molar-refractivity contribution in [2.75, 3.05) is 33.0 Å². The zero-order chi connectivity index (χ0) is 16.4. The van der Waals surface area contributed by atoms with Crippen LogP contribution in [0, 0.1) is 0 Å². The summed E-state index contributed by atoms with van der Waals surface area (Å²) in [6.45, 7) is 0.990. The van der Waals surface area contributed by atoms with Crippen LogP contribution in [0.5, 0.6) is 5.75 Å².